The molecule has 1 aromatic rings. The molecule has 0 aliphatic carbocycles. The van der Waals surface area contributed by atoms with Crippen molar-refractivity contribution in [2.45, 2.75) is 31.7 Å². The number of likely N-dealkylation sites (tertiary alicyclic amines) is 1. The average molecular weight is 284 g/mol. The zero-order valence-corrected chi connectivity index (χ0v) is 11.1. The van der Waals surface area contributed by atoms with Crippen LogP contribution in [0.3, 0.4) is 0 Å². The monoisotopic (exact) mass is 284 g/mol. The number of aliphatic hydroxyl groups excluding tert-OH is 1. The first-order chi connectivity index (χ1) is 9.54. The van der Waals surface area contributed by atoms with Gasteiger partial charge in [-0.15, -0.1) is 0 Å². The standard InChI is InChI=1S/C14H18F2N2O2/c15-11-6-10(13(17)7-12(11)16)14(20)18-5-3-1-2-4-9(18)8-19/h6-7,9,19H,1-5,8,17H2. The molecule has 0 bridgehead atoms. The molecule has 0 saturated carbocycles. The van der Waals surface area contributed by atoms with E-state index < -0.39 is 17.5 Å². The third kappa shape index (κ3) is 2.90. The Morgan fingerprint density at radius 3 is 2.70 bits per heavy atom. The van der Waals surface area contributed by atoms with Gasteiger partial charge in [-0.3, -0.25) is 4.79 Å². The van der Waals surface area contributed by atoms with Crippen LogP contribution in [0.15, 0.2) is 12.1 Å². The summed E-state index contributed by atoms with van der Waals surface area (Å²) in [5.41, 5.74) is 5.47. The molecule has 1 amide bonds. The molecule has 1 unspecified atom stereocenters. The first-order valence-electron chi connectivity index (χ1n) is 6.71. The van der Waals surface area contributed by atoms with Gasteiger partial charge in [0.2, 0.25) is 0 Å². The molecule has 1 aromatic carbocycles. The minimum atomic E-state index is -1.10. The topological polar surface area (TPSA) is 66.6 Å². The summed E-state index contributed by atoms with van der Waals surface area (Å²) in [7, 11) is 0. The Labute approximate surface area is 116 Å². The van der Waals surface area contributed by atoms with Crippen LogP contribution in [0.1, 0.15) is 36.0 Å². The molecular weight excluding hydrogens is 266 g/mol. The van der Waals surface area contributed by atoms with Gasteiger partial charge < -0.3 is 15.7 Å². The van der Waals surface area contributed by atoms with Gasteiger partial charge in [-0.05, 0) is 18.9 Å². The Bertz CT molecular complexity index is 508. The summed E-state index contributed by atoms with van der Waals surface area (Å²) in [5.74, 6) is -2.63. The summed E-state index contributed by atoms with van der Waals surface area (Å²) in [4.78, 5) is 14.0. The van der Waals surface area contributed by atoms with E-state index in [0.717, 1.165) is 31.4 Å². The van der Waals surface area contributed by atoms with E-state index in [-0.39, 0.29) is 23.9 Å². The first kappa shape index (κ1) is 14.7. The van der Waals surface area contributed by atoms with E-state index in [1.807, 2.05) is 0 Å². The van der Waals surface area contributed by atoms with Gasteiger partial charge in [0.15, 0.2) is 11.6 Å². The highest BCUT2D eigenvalue weighted by molar-refractivity contribution is 5.99. The van der Waals surface area contributed by atoms with Crippen LogP contribution in [-0.2, 0) is 0 Å². The van der Waals surface area contributed by atoms with E-state index in [2.05, 4.69) is 0 Å². The third-order valence-corrected chi connectivity index (χ3v) is 3.67. The fourth-order valence-corrected chi connectivity index (χ4v) is 2.54. The molecule has 0 aromatic heterocycles. The van der Waals surface area contributed by atoms with E-state index in [4.69, 9.17) is 5.73 Å². The minimum absolute atomic E-state index is 0.0516. The van der Waals surface area contributed by atoms with Crippen LogP contribution >= 0.6 is 0 Å². The third-order valence-electron chi connectivity index (χ3n) is 3.67. The fraction of sp³-hybridized carbons (Fsp3) is 0.500. The summed E-state index contributed by atoms with van der Waals surface area (Å²) in [6.45, 7) is 0.345. The number of nitrogens with zero attached hydrogens (tertiary/aromatic N) is 1. The summed E-state index contributed by atoms with van der Waals surface area (Å²) in [6.07, 6.45) is 3.44. The molecule has 6 heteroatoms. The number of hydrogen-bond donors (Lipinski definition) is 2. The molecule has 0 radical (unpaired) electrons. The summed E-state index contributed by atoms with van der Waals surface area (Å²) in [6, 6.07) is 1.35. The second-order valence-corrected chi connectivity index (χ2v) is 5.04. The zero-order chi connectivity index (χ0) is 14.7. The Morgan fingerprint density at radius 2 is 2.00 bits per heavy atom. The van der Waals surface area contributed by atoms with Crippen molar-refractivity contribution in [1.29, 1.82) is 0 Å². The van der Waals surface area contributed by atoms with Gasteiger partial charge in [-0.2, -0.15) is 0 Å². The molecule has 110 valence electrons. The molecule has 1 heterocycles. The Hall–Kier alpha value is -1.69. The predicted octanol–water partition coefficient (Wildman–Crippen LogP) is 1.92. The van der Waals surface area contributed by atoms with Crippen LogP contribution in [0.5, 0.6) is 0 Å². The predicted molar refractivity (Wildman–Crippen MR) is 71.1 cm³/mol. The molecule has 1 fully saturated rings. The number of benzene rings is 1. The van der Waals surface area contributed by atoms with Gasteiger partial charge in [0.1, 0.15) is 0 Å². The number of anilines is 1. The second-order valence-electron chi connectivity index (χ2n) is 5.04. The summed E-state index contributed by atoms with van der Waals surface area (Å²) < 4.78 is 26.3. The fourth-order valence-electron chi connectivity index (χ4n) is 2.54. The van der Waals surface area contributed by atoms with Crippen molar-refractivity contribution in [3.63, 3.8) is 0 Å². The van der Waals surface area contributed by atoms with Gasteiger partial charge in [-0.1, -0.05) is 12.8 Å². The lowest BCUT2D eigenvalue weighted by molar-refractivity contribution is 0.0600. The Kier molecular flexibility index (Phi) is 4.54. The lowest BCUT2D eigenvalue weighted by Crippen LogP contribution is -2.42. The van der Waals surface area contributed by atoms with Crippen molar-refractivity contribution < 1.29 is 18.7 Å². The van der Waals surface area contributed by atoms with Crippen molar-refractivity contribution in [1.82, 2.24) is 4.90 Å². The number of halogens is 2. The largest absolute Gasteiger partial charge is 0.398 e. The van der Waals surface area contributed by atoms with Crippen LogP contribution in [0.25, 0.3) is 0 Å². The van der Waals surface area contributed by atoms with Gasteiger partial charge in [-0.25, -0.2) is 8.78 Å². The number of nitrogens with two attached hydrogens (primary N) is 1. The zero-order valence-electron chi connectivity index (χ0n) is 11.1. The molecule has 1 aliphatic rings. The van der Waals surface area contributed by atoms with E-state index >= 15 is 0 Å². The van der Waals surface area contributed by atoms with Crippen molar-refractivity contribution in [3.8, 4) is 0 Å². The van der Waals surface area contributed by atoms with Crippen molar-refractivity contribution >= 4 is 11.6 Å². The number of hydrogen-bond acceptors (Lipinski definition) is 3. The molecule has 1 aliphatic heterocycles. The van der Waals surface area contributed by atoms with Gasteiger partial charge in [0.05, 0.1) is 18.2 Å². The maximum atomic E-state index is 13.3. The molecule has 1 saturated heterocycles. The molecule has 20 heavy (non-hydrogen) atoms. The Balaban J connectivity index is 2.31. The van der Waals surface area contributed by atoms with Gasteiger partial charge in [0, 0.05) is 18.3 Å². The van der Waals surface area contributed by atoms with Crippen LogP contribution in [-0.4, -0.2) is 35.1 Å². The quantitative estimate of drug-likeness (QED) is 0.815. The molecule has 0 spiro atoms. The maximum absolute atomic E-state index is 13.3. The van der Waals surface area contributed by atoms with Crippen molar-refractivity contribution in [2.24, 2.45) is 0 Å². The number of aliphatic hydroxyl groups is 1. The van der Waals surface area contributed by atoms with Crippen LogP contribution in [0.4, 0.5) is 14.5 Å². The second kappa shape index (κ2) is 6.17. The molecular formula is C14H18F2N2O2. The Morgan fingerprint density at radius 1 is 1.30 bits per heavy atom. The number of rotatable bonds is 2. The van der Waals surface area contributed by atoms with Crippen LogP contribution < -0.4 is 5.73 Å². The molecule has 3 N–H and O–H groups in total. The smallest absolute Gasteiger partial charge is 0.256 e. The average Bonchev–Trinajstić information content (AvgIpc) is 2.67. The van der Waals surface area contributed by atoms with Crippen molar-refractivity contribution in [2.75, 3.05) is 18.9 Å². The highest BCUT2D eigenvalue weighted by Crippen LogP contribution is 2.23. The number of amides is 1. The summed E-state index contributed by atoms with van der Waals surface area (Å²) in [5, 5.41) is 9.39. The molecule has 4 nitrogen and oxygen atoms in total. The highest BCUT2D eigenvalue weighted by atomic mass is 19.2. The normalized spacial score (nSPS) is 19.8. The lowest BCUT2D eigenvalue weighted by atomic mass is 10.1. The van der Waals surface area contributed by atoms with E-state index in [9.17, 15) is 18.7 Å². The lowest BCUT2D eigenvalue weighted by Gasteiger charge is -2.29. The van der Waals surface area contributed by atoms with E-state index in [1.165, 1.54) is 4.90 Å². The minimum Gasteiger partial charge on any atom is -0.398 e. The number of carbonyl (C=O) groups is 1. The van der Waals surface area contributed by atoms with Crippen LogP contribution in [0, 0.1) is 11.6 Å². The van der Waals surface area contributed by atoms with E-state index in [1.54, 1.807) is 0 Å². The number of carbonyl (C=O) groups excluding carboxylic acids is 1. The molecule has 2 rings (SSSR count). The SMILES string of the molecule is Nc1cc(F)c(F)cc1C(=O)N1CCCCCC1CO. The van der Waals surface area contributed by atoms with Crippen LogP contribution in [0.2, 0.25) is 0 Å². The van der Waals surface area contributed by atoms with E-state index in [0.29, 0.717) is 13.0 Å². The number of nitrogen functional groups attached to an aromatic ring is 1. The van der Waals surface area contributed by atoms with Crippen molar-refractivity contribution in [3.05, 3.63) is 29.3 Å². The highest BCUT2D eigenvalue weighted by Gasteiger charge is 2.27. The molecule has 1 atom stereocenters. The summed E-state index contributed by atoms with van der Waals surface area (Å²) >= 11 is 0. The van der Waals surface area contributed by atoms with Gasteiger partial charge >= 0.3 is 0 Å². The van der Waals surface area contributed by atoms with Gasteiger partial charge in [0.25, 0.3) is 5.91 Å². The maximum Gasteiger partial charge on any atom is 0.256 e. The first-order valence-corrected chi connectivity index (χ1v) is 6.71.